The maximum atomic E-state index is 12.5. The number of carbonyl (C=O) groups is 1. The minimum atomic E-state index is -0.210. The maximum Gasteiger partial charge on any atom is 0.270 e. The highest BCUT2D eigenvalue weighted by Crippen LogP contribution is 2.24. The van der Waals surface area contributed by atoms with Crippen molar-refractivity contribution in [1.29, 1.82) is 0 Å². The average molecular weight is 346 g/mol. The fraction of sp³-hybridized carbons (Fsp3) is 0.190. The van der Waals surface area contributed by atoms with E-state index in [1.165, 1.54) is 11.9 Å². The number of rotatable bonds is 6. The fourth-order valence-corrected chi connectivity index (χ4v) is 2.76. The van der Waals surface area contributed by atoms with Gasteiger partial charge in [-0.1, -0.05) is 42.5 Å². The Morgan fingerprint density at radius 2 is 1.85 bits per heavy atom. The second kappa shape index (κ2) is 8.25. The number of hydrogen-bond acceptors (Lipinski definition) is 4. The number of anilines is 2. The van der Waals surface area contributed by atoms with Crippen LogP contribution in [0.1, 0.15) is 28.5 Å². The Bertz CT molecular complexity index is 880. The summed E-state index contributed by atoms with van der Waals surface area (Å²) < 4.78 is 0. The topological polar surface area (TPSA) is 58.1 Å². The van der Waals surface area contributed by atoms with Gasteiger partial charge in [0.25, 0.3) is 5.91 Å². The number of hydrogen-bond donors (Lipinski definition) is 1. The van der Waals surface area contributed by atoms with Crippen molar-refractivity contribution in [1.82, 2.24) is 15.3 Å². The van der Waals surface area contributed by atoms with E-state index in [1.807, 2.05) is 42.5 Å². The van der Waals surface area contributed by atoms with Gasteiger partial charge in [0.2, 0.25) is 0 Å². The highest BCUT2D eigenvalue weighted by Gasteiger charge is 2.13. The molecule has 1 N–H and O–H groups in total. The predicted molar refractivity (Wildman–Crippen MR) is 104 cm³/mol. The van der Waals surface area contributed by atoms with Crippen molar-refractivity contribution in [2.45, 2.75) is 20.4 Å². The van der Waals surface area contributed by atoms with Crippen LogP contribution in [0.4, 0.5) is 11.5 Å². The van der Waals surface area contributed by atoms with Crippen molar-refractivity contribution in [3.8, 4) is 0 Å². The summed E-state index contributed by atoms with van der Waals surface area (Å²) in [5, 5.41) is 2.90. The molecule has 0 radical (unpaired) electrons. The minimum absolute atomic E-state index is 0.210. The van der Waals surface area contributed by atoms with Crippen LogP contribution in [0.2, 0.25) is 0 Å². The molecule has 0 atom stereocenters. The van der Waals surface area contributed by atoms with Gasteiger partial charge in [0.15, 0.2) is 0 Å². The maximum absolute atomic E-state index is 12.5. The first-order valence-electron chi connectivity index (χ1n) is 8.65. The standard InChI is InChI=1S/C21H22N4O/c1-3-25(18-11-7-8-16(2)12-18)20-13-19(23-15-24-20)21(26)22-14-17-9-5-4-6-10-17/h4-13,15H,3,14H2,1-2H3,(H,22,26). The van der Waals surface area contributed by atoms with Crippen molar-refractivity contribution < 1.29 is 4.79 Å². The molecule has 26 heavy (non-hydrogen) atoms. The summed E-state index contributed by atoms with van der Waals surface area (Å²) in [6, 6.07) is 19.7. The van der Waals surface area contributed by atoms with Gasteiger partial charge in [-0.3, -0.25) is 4.79 Å². The van der Waals surface area contributed by atoms with Crippen LogP contribution in [0.3, 0.4) is 0 Å². The third kappa shape index (κ3) is 4.25. The van der Waals surface area contributed by atoms with Gasteiger partial charge in [-0.15, -0.1) is 0 Å². The number of carbonyl (C=O) groups excluding carboxylic acids is 1. The fourth-order valence-electron chi connectivity index (χ4n) is 2.76. The lowest BCUT2D eigenvalue weighted by Gasteiger charge is -2.22. The smallest absolute Gasteiger partial charge is 0.270 e. The van der Waals surface area contributed by atoms with E-state index >= 15 is 0 Å². The molecule has 5 nitrogen and oxygen atoms in total. The number of nitrogens with zero attached hydrogens (tertiary/aromatic N) is 3. The van der Waals surface area contributed by atoms with Crippen LogP contribution in [0, 0.1) is 6.92 Å². The summed E-state index contributed by atoms with van der Waals surface area (Å²) in [6.07, 6.45) is 1.44. The Hall–Kier alpha value is -3.21. The summed E-state index contributed by atoms with van der Waals surface area (Å²) in [4.78, 5) is 23.0. The Morgan fingerprint density at radius 1 is 1.04 bits per heavy atom. The number of amides is 1. The Morgan fingerprint density at radius 3 is 2.58 bits per heavy atom. The molecule has 0 saturated carbocycles. The molecule has 3 rings (SSSR count). The molecule has 0 aliphatic carbocycles. The molecule has 132 valence electrons. The van der Waals surface area contributed by atoms with Crippen molar-refractivity contribution in [2.75, 3.05) is 11.4 Å². The predicted octanol–water partition coefficient (Wildman–Crippen LogP) is 3.87. The summed E-state index contributed by atoms with van der Waals surface area (Å²) in [7, 11) is 0. The summed E-state index contributed by atoms with van der Waals surface area (Å²) in [6.45, 7) is 5.32. The van der Waals surface area contributed by atoms with E-state index in [4.69, 9.17) is 0 Å². The summed E-state index contributed by atoms with van der Waals surface area (Å²) in [5.74, 6) is 0.496. The van der Waals surface area contributed by atoms with Gasteiger partial charge < -0.3 is 10.2 Å². The molecular weight excluding hydrogens is 324 g/mol. The van der Waals surface area contributed by atoms with E-state index in [2.05, 4.69) is 46.2 Å². The minimum Gasteiger partial charge on any atom is -0.347 e. The van der Waals surface area contributed by atoms with E-state index in [9.17, 15) is 4.79 Å². The zero-order valence-corrected chi connectivity index (χ0v) is 15.0. The number of aryl methyl sites for hydroxylation is 1. The third-order valence-electron chi connectivity index (χ3n) is 4.09. The summed E-state index contributed by atoms with van der Waals surface area (Å²) >= 11 is 0. The zero-order valence-electron chi connectivity index (χ0n) is 15.0. The average Bonchev–Trinajstić information content (AvgIpc) is 2.68. The van der Waals surface area contributed by atoms with Crippen LogP contribution in [-0.4, -0.2) is 22.4 Å². The second-order valence-electron chi connectivity index (χ2n) is 6.01. The number of benzene rings is 2. The van der Waals surface area contributed by atoms with Gasteiger partial charge >= 0.3 is 0 Å². The SMILES string of the molecule is CCN(c1cccc(C)c1)c1cc(C(=O)NCc2ccccc2)ncn1. The lowest BCUT2D eigenvalue weighted by molar-refractivity contribution is 0.0945. The largest absolute Gasteiger partial charge is 0.347 e. The molecule has 1 amide bonds. The molecule has 5 heteroatoms. The molecule has 1 heterocycles. The lowest BCUT2D eigenvalue weighted by Crippen LogP contribution is -2.25. The molecule has 2 aromatic carbocycles. The lowest BCUT2D eigenvalue weighted by atomic mass is 10.2. The van der Waals surface area contributed by atoms with Crippen molar-refractivity contribution >= 4 is 17.4 Å². The van der Waals surface area contributed by atoms with E-state index in [0.717, 1.165) is 17.8 Å². The second-order valence-corrected chi connectivity index (χ2v) is 6.01. The van der Waals surface area contributed by atoms with E-state index in [-0.39, 0.29) is 5.91 Å². The van der Waals surface area contributed by atoms with Gasteiger partial charge in [0, 0.05) is 24.8 Å². The van der Waals surface area contributed by atoms with Crippen LogP contribution >= 0.6 is 0 Å². The highest BCUT2D eigenvalue weighted by atomic mass is 16.1. The van der Waals surface area contributed by atoms with E-state index in [0.29, 0.717) is 18.1 Å². The molecule has 0 bridgehead atoms. The first kappa shape index (κ1) is 17.6. The van der Waals surface area contributed by atoms with Crippen LogP contribution < -0.4 is 10.2 Å². The highest BCUT2D eigenvalue weighted by molar-refractivity contribution is 5.93. The van der Waals surface area contributed by atoms with Gasteiger partial charge in [-0.25, -0.2) is 9.97 Å². The monoisotopic (exact) mass is 346 g/mol. The molecule has 0 fully saturated rings. The Balaban J connectivity index is 1.77. The normalized spacial score (nSPS) is 10.4. The van der Waals surface area contributed by atoms with Crippen molar-refractivity contribution in [3.63, 3.8) is 0 Å². The molecule has 3 aromatic rings. The first-order valence-corrected chi connectivity index (χ1v) is 8.65. The van der Waals surface area contributed by atoms with Crippen LogP contribution in [0.5, 0.6) is 0 Å². The zero-order chi connectivity index (χ0) is 18.4. The van der Waals surface area contributed by atoms with Gasteiger partial charge in [0.05, 0.1) is 0 Å². The molecule has 0 aliphatic heterocycles. The third-order valence-corrected chi connectivity index (χ3v) is 4.09. The molecule has 0 spiro atoms. The molecular formula is C21H22N4O. The Labute approximate surface area is 153 Å². The first-order chi connectivity index (χ1) is 12.7. The quantitative estimate of drug-likeness (QED) is 0.736. The van der Waals surface area contributed by atoms with E-state index < -0.39 is 0 Å². The molecule has 0 saturated heterocycles. The number of aromatic nitrogens is 2. The van der Waals surface area contributed by atoms with Crippen molar-refractivity contribution in [2.24, 2.45) is 0 Å². The molecule has 1 aromatic heterocycles. The van der Waals surface area contributed by atoms with Crippen LogP contribution in [0.25, 0.3) is 0 Å². The summed E-state index contributed by atoms with van der Waals surface area (Å²) in [5.41, 5.74) is 3.62. The van der Waals surface area contributed by atoms with Gasteiger partial charge in [0.1, 0.15) is 17.8 Å². The molecule has 0 unspecified atom stereocenters. The van der Waals surface area contributed by atoms with Gasteiger partial charge in [-0.2, -0.15) is 0 Å². The Kier molecular flexibility index (Phi) is 5.59. The van der Waals surface area contributed by atoms with Crippen molar-refractivity contribution in [3.05, 3.63) is 83.8 Å². The molecule has 0 aliphatic rings. The van der Waals surface area contributed by atoms with Gasteiger partial charge in [-0.05, 0) is 37.1 Å². The number of nitrogens with one attached hydrogen (secondary N) is 1. The van der Waals surface area contributed by atoms with Crippen LogP contribution in [0.15, 0.2) is 67.0 Å². The van der Waals surface area contributed by atoms with Crippen LogP contribution in [-0.2, 0) is 6.54 Å². The van der Waals surface area contributed by atoms with E-state index in [1.54, 1.807) is 6.07 Å².